The molecule has 2 amide bonds. The summed E-state index contributed by atoms with van der Waals surface area (Å²) < 4.78 is 0. The third-order valence-corrected chi connectivity index (χ3v) is 7.76. The molecule has 0 N–H and O–H groups in total. The number of nitrogens with zero attached hydrogens (tertiary/aromatic N) is 3. The zero-order chi connectivity index (χ0) is 26.0. The highest BCUT2D eigenvalue weighted by Crippen LogP contribution is 2.54. The van der Waals surface area contributed by atoms with E-state index in [4.69, 9.17) is 23.2 Å². The van der Waals surface area contributed by atoms with Crippen LogP contribution in [0.5, 0.6) is 0 Å². The lowest BCUT2D eigenvalue weighted by atomic mass is 9.83. The molecule has 3 heterocycles. The Balaban J connectivity index is 1.50. The highest BCUT2D eigenvalue weighted by Gasteiger charge is 2.64. The Kier molecular flexibility index (Phi) is 5.40. The topological polar surface area (TPSA) is 101 Å². The number of nitro benzene ring substituents is 1. The van der Waals surface area contributed by atoms with Crippen LogP contribution in [0.1, 0.15) is 27.5 Å². The van der Waals surface area contributed by atoms with Crippen molar-refractivity contribution in [3.8, 4) is 0 Å². The second kappa shape index (κ2) is 8.54. The Morgan fingerprint density at radius 3 is 2.43 bits per heavy atom. The molecular formula is C27H17Cl2N3O5. The summed E-state index contributed by atoms with van der Waals surface area (Å²) in [5, 5.41) is 11.8. The van der Waals surface area contributed by atoms with Crippen LogP contribution in [0.3, 0.4) is 0 Å². The number of carbonyl (C=O) groups excluding carboxylic acids is 3. The summed E-state index contributed by atoms with van der Waals surface area (Å²) in [5.41, 5.74) is 1.76. The molecule has 0 aliphatic carbocycles. The van der Waals surface area contributed by atoms with E-state index in [1.807, 2.05) is 30.3 Å². The van der Waals surface area contributed by atoms with Crippen molar-refractivity contribution >= 4 is 58.3 Å². The lowest BCUT2D eigenvalue weighted by Crippen LogP contribution is -2.44. The minimum atomic E-state index is -1.05. The maximum atomic E-state index is 13.9. The second-order valence-electron chi connectivity index (χ2n) is 9.11. The van der Waals surface area contributed by atoms with Crippen molar-refractivity contribution in [2.45, 2.75) is 12.1 Å². The molecule has 0 spiro atoms. The first-order chi connectivity index (χ1) is 17.8. The van der Waals surface area contributed by atoms with Gasteiger partial charge in [-0.05, 0) is 35.4 Å². The molecule has 0 saturated carbocycles. The monoisotopic (exact) mass is 533 g/mol. The zero-order valence-corrected chi connectivity index (χ0v) is 20.5. The highest BCUT2D eigenvalue weighted by atomic mass is 35.5. The number of Topliss-reactive ketones (excluding diaryl/α,β-unsaturated/α-hetero) is 1. The van der Waals surface area contributed by atoms with Gasteiger partial charge < -0.3 is 4.90 Å². The van der Waals surface area contributed by atoms with Gasteiger partial charge in [0.15, 0.2) is 5.78 Å². The molecule has 184 valence electrons. The number of benzene rings is 3. The maximum Gasteiger partial charge on any atom is 0.270 e. The molecular weight excluding hydrogens is 517 g/mol. The molecule has 3 aliphatic heterocycles. The number of fused-ring (bicyclic) bond motifs is 5. The first-order valence-electron chi connectivity index (χ1n) is 11.4. The standard InChI is InChI=1S/C27H17Cl2N3O5/c28-16-8-9-20(19(29)13-16)31-26(34)21-22(27(31)35)24(25(33)15-5-3-6-17(12-15)32(36)37)30-11-10-14-4-1-2-7-18(14)23(21)30/h1-13,21-24H/t21-,22-,23+,24+/m0/s1. The molecule has 0 unspecified atom stereocenters. The van der Waals surface area contributed by atoms with Gasteiger partial charge in [-0.3, -0.25) is 24.5 Å². The third-order valence-electron chi connectivity index (χ3n) is 7.22. The van der Waals surface area contributed by atoms with Crippen LogP contribution in [-0.4, -0.2) is 33.5 Å². The van der Waals surface area contributed by atoms with Gasteiger partial charge in [0.1, 0.15) is 6.04 Å². The summed E-state index contributed by atoms with van der Waals surface area (Å²) in [4.78, 5) is 55.3. The summed E-state index contributed by atoms with van der Waals surface area (Å²) in [6.45, 7) is 0. The molecule has 3 aromatic rings. The van der Waals surface area contributed by atoms with Crippen LogP contribution in [0.25, 0.3) is 6.08 Å². The molecule has 4 atom stereocenters. The number of amides is 2. The molecule has 10 heteroatoms. The predicted molar refractivity (Wildman–Crippen MR) is 137 cm³/mol. The molecule has 0 radical (unpaired) electrons. The number of hydrogen-bond acceptors (Lipinski definition) is 6. The normalized spacial score (nSPS) is 23.6. The molecule has 3 aromatic carbocycles. The first-order valence-corrected chi connectivity index (χ1v) is 12.2. The lowest BCUT2D eigenvalue weighted by Gasteiger charge is -2.35. The summed E-state index contributed by atoms with van der Waals surface area (Å²) in [7, 11) is 0. The summed E-state index contributed by atoms with van der Waals surface area (Å²) in [5.74, 6) is -3.38. The zero-order valence-electron chi connectivity index (χ0n) is 19.0. The molecule has 2 fully saturated rings. The van der Waals surface area contributed by atoms with Crippen molar-refractivity contribution in [2.24, 2.45) is 11.8 Å². The molecule has 0 aromatic heterocycles. The average molecular weight is 534 g/mol. The van der Waals surface area contributed by atoms with Crippen molar-refractivity contribution in [3.05, 3.63) is 110 Å². The number of nitro groups is 1. The van der Waals surface area contributed by atoms with Gasteiger partial charge in [0, 0.05) is 28.9 Å². The number of carbonyl (C=O) groups is 3. The van der Waals surface area contributed by atoms with Crippen LogP contribution in [0.2, 0.25) is 10.0 Å². The van der Waals surface area contributed by atoms with Crippen LogP contribution in [0, 0.1) is 22.0 Å². The molecule has 8 nitrogen and oxygen atoms in total. The van der Waals surface area contributed by atoms with Gasteiger partial charge in [-0.25, -0.2) is 4.90 Å². The number of halogens is 2. The Labute approximate surface area is 220 Å². The lowest BCUT2D eigenvalue weighted by molar-refractivity contribution is -0.384. The van der Waals surface area contributed by atoms with Gasteiger partial charge in [-0.1, -0.05) is 59.6 Å². The SMILES string of the molecule is O=C(c1cccc([N+](=O)[O-])c1)[C@H]1[C@H]2C(=O)N(c3ccc(Cl)cc3Cl)C(=O)[C@@H]2[C@H]2c3ccccc3C=CN21. The number of rotatable bonds is 4. The summed E-state index contributed by atoms with van der Waals surface area (Å²) in [6, 6.07) is 15.8. The Hall–Kier alpha value is -4.01. The maximum absolute atomic E-state index is 13.9. The smallest absolute Gasteiger partial charge is 0.270 e. The molecule has 37 heavy (non-hydrogen) atoms. The fourth-order valence-corrected chi connectivity index (χ4v) is 6.19. The quantitative estimate of drug-likeness (QED) is 0.195. The minimum absolute atomic E-state index is 0.0917. The average Bonchev–Trinajstić information content (AvgIpc) is 3.36. The van der Waals surface area contributed by atoms with Crippen LogP contribution in [0.4, 0.5) is 11.4 Å². The van der Waals surface area contributed by atoms with Gasteiger partial charge >= 0.3 is 0 Å². The van der Waals surface area contributed by atoms with Crippen molar-refractivity contribution < 1.29 is 19.3 Å². The van der Waals surface area contributed by atoms with Gasteiger partial charge in [-0.15, -0.1) is 0 Å². The van der Waals surface area contributed by atoms with Crippen molar-refractivity contribution in [1.82, 2.24) is 4.90 Å². The molecule has 3 aliphatic rings. The molecule has 6 rings (SSSR count). The number of ketones is 1. The van der Waals surface area contributed by atoms with E-state index in [-0.39, 0.29) is 22.0 Å². The van der Waals surface area contributed by atoms with Gasteiger partial charge in [0.2, 0.25) is 11.8 Å². The number of hydrogen-bond donors (Lipinski definition) is 0. The van der Waals surface area contributed by atoms with E-state index in [1.54, 1.807) is 11.1 Å². The second-order valence-corrected chi connectivity index (χ2v) is 9.96. The third kappa shape index (κ3) is 3.48. The van der Waals surface area contributed by atoms with E-state index in [0.29, 0.717) is 5.02 Å². The van der Waals surface area contributed by atoms with Crippen molar-refractivity contribution in [2.75, 3.05) is 4.90 Å². The van der Waals surface area contributed by atoms with Crippen LogP contribution < -0.4 is 4.90 Å². The van der Waals surface area contributed by atoms with Crippen LogP contribution >= 0.6 is 23.2 Å². The van der Waals surface area contributed by atoms with Crippen LogP contribution in [0.15, 0.2) is 72.9 Å². The van der Waals surface area contributed by atoms with E-state index >= 15 is 0 Å². The first kappa shape index (κ1) is 23.4. The number of anilines is 1. The molecule has 0 bridgehead atoms. The van der Waals surface area contributed by atoms with Crippen LogP contribution in [-0.2, 0) is 9.59 Å². The predicted octanol–water partition coefficient (Wildman–Crippen LogP) is 5.30. The Morgan fingerprint density at radius 1 is 0.919 bits per heavy atom. The van der Waals surface area contributed by atoms with E-state index in [2.05, 4.69) is 0 Å². The summed E-state index contributed by atoms with van der Waals surface area (Å²) in [6.07, 6.45) is 3.56. The van der Waals surface area contributed by atoms with Gasteiger partial charge in [0.05, 0.1) is 33.5 Å². The Morgan fingerprint density at radius 2 is 1.68 bits per heavy atom. The van der Waals surface area contributed by atoms with E-state index < -0.39 is 46.4 Å². The highest BCUT2D eigenvalue weighted by molar-refractivity contribution is 6.38. The van der Waals surface area contributed by atoms with E-state index in [1.165, 1.54) is 42.5 Å². The summed E-state index contributed by atoms with van der Waals surface area (Å²) >= 11 is 12.4. The molecule has 2 saturated heterocycles. The van der Waals surface area contributed by atoms with Crippen molar-refractivity contribution in [1.29, 1.82) is 0 Å². The van der Waals surface area contributed by atoms with Gasteiger partial charge in [0.25, 0.3) is 5.69 Å². The number of non-ortho nitro benzene ring substituents is 1. The fraction of sp³-hybridized carbons (Fsp3) is 0.148. The van der Waals surface area contributed by atoms with Crippen molar-refractivity contribution in [3.63, 3.8) is 0 Å². The van der Waals surface area contributed by atoms with E-state index in [9.17, 15) is 24.5 Å². The van der Waals surface area contributed by atoms with Gasteiger partial charge in [-0.2, -0.15) is 0 Å². The minimum Gasteiger partial charge on any atom is -0.358 e. The Bertz CT molecular complexity index is 1550. The van der Waals surface area contributed by atoms with E-state index in [0.717, 1.165) is 16.0 Å². The fourth-order valence-electron chi connectivity index (χ4n) is 5.70. The largest absolute Gasteiger partial charge is 0.358 e. The number of imide groups is 1.